The molecule has 142 valence electrons. The minimum Gasteiger partial charge on any atom is -0.468 e. The molecule has 0 saturated carbocycles. The van der Waals surface area contributed by atoms with E-state index in [-0.39, 0.29) is 11.9 Å². The highest BCUT2D eigenvalue weighted by atomic mass is 32.2. The first-order valence-corrected chi connectivity index (χ1v) is 10.0. The van der Waals surface area contributed by atoms with Crippen molar-refractivity contribution < 1.29 is 14.3 Å². The molecule has 3 aromatic carbocycles. The molecule has 0 radical (unpaired) electrons. The molecule has 0 saturated heterocycles. The Balaban J connectivity index is 1.72. The molecule has 0 aromatic heterocycles. The van der Waals surface area contributed by atoms with Gasteiger partial charge in [-0.05, 0) is 34.9 Å². The number of carbonyl (C=O) groups is 2. The normalized spacial score (nSPS) is 10.3. The van der Waals surface area contributed by atoms with Gasteiger partial charge in [0, 0.05) is 17.0 Å². The van der Waals surface area contributed by atoms with E-state index in [1.54, 1.807) is 0 Å². The molecule has 0 aliphatic heterocycles. The van der Waals surface area contributed by atoms with Gasteiger partial charge in [-0.15, -0.1) is 11.8 Å². The number of carbonyl (C=O) groups excluding carboxylic acids is 2. The number of benzene rings is 3. The van der Waals surface area contributed by atoms with Gasteiger partial charge in [-0.3, -0.25) is 9.59 Å². The number of thioether (sulfide) groups is 1. The van der Waals surface area contributed by atoms with E-state index in [9.17, 15) is 9.59 Å². The van der Waals surface area contributed by atoms with Crippen LogP contribution in [0.4, 0.5) is 5.69 Å². The summed E-state index contributed by atoms with van der Waals surface area (Å²) in [6.45, 7) is 0. The highest BCUT2D eigenvalue weighted by Crippen LogP contribution is 2.25. The fraction of sp³-hybridized carbons (Fsp3) is 0.130. The Morgan fingerprint density at radius 3 is 2.46 bits per heavy atom. The van der Waals surface area contributed by atoms with Crippen LogP contribution in [0.3, 0.4) is 0 Å². The Kier molecular flexibility index (Phi) is 6.87. The molecule has 0 heterocycles. The summed E-state index contributed by atoms with van der Waals surface area (Å²) in [6.07, 6.45) is 0. The van der Waals surface area contributed by atoms with Crippen molar-refractivity contribution in [3.05, 3.63) is 90.0 Å². The van der Waals surface area contributed by atoms with E-state index in [4.69, 9.17) is 0 Å². The molecule has 5 heteroatoms. The lowest BCUT2D eigenvalue weighted by atomic mass is 9.99. The second kappa shape index (κ2) is 9.76. The third kappa shape index (κ3) is 5.24. The molecule has 0 fully saturated rings. The fourth-order valence-corrected chi connectivity index (χ4v) is 3.60. The predicted molar refractivity (Wildman–Crippen MR) is 114 cm³/mol. The summed E-state index contributed by atoms with van der Waals surface area (Å²) in [7, 11) is 1.38. The minimum atomic E-state index is -0.244. The molecule has 1 amide bonds. The van der Waals surface area contributed by atoms with Gasteiger partial charge in [0.05, 0.1) is 12.9 Å². The average molecular weight is 391 g/mol. The molecule has 4 nitrogen and oxygen atoms in total. The second-order valence-corrected chi connectivity index (χ2v) is 7.12. The lowest BCUT2D eigenvalue weighted by Crippen LogP contribution is -2.13. The van der Waals surface area contributed by atoms with Crippen molar-refractivity contribution in [1.82, 2.24) is 0 Å². The predicted octanol–water partition coefficient (Wildman–Crippen LogP) is 5.01. The van der Waals surface area contributed by atoms with Gasteiger partial charge in [-0.25, -0.2) is 0 Å². The first-order valence-electron chi connectivity index (χ1n) is 8.86. The summed E-state index contributed by atoms with van der Waals surface area (Å²) in [6, 6.07) is 25.1. The van der Waals surface area contributed by atoms with Crippen molar-refractivity contribution in [2.75, 3.05) is 18.2 Å². The quantitative estimate of drug-likeness (QED) is 0.575. The van der Waals surface area contributed by atoms with E-state index in [0.717, 1.165) is 22.4 Å². The molecule has 0 bridgehead atoms. The third-order valence-electron chi connectivity index (χ3n) is 4.16. The maximum absolute atomic E-state index is 12.9. The van der Waals surface area contributed by atoms with Gasteiger partial charge in [-0.2, -0.15) is 0 Å². The van der Waals surface area contributed by atoms with Crippen molar-refractivity contribution in [3.8, 4) is 11.1 Å². The molecule has 0 aliphatic carbocycles. The lowest BCUT2D eigenvalue weighted by Gasteiger charge is -2.11. The van der Waals surface area contributed by atoms with Crippen molar-refractivity contribution >= 4 is 29.3 Å². The van der Waals surface area contributed by atoms with Crippen molar-refractivity contribution in [2.45, 2.75) is 5.75 Å². The van der Waals surface area contributed by atoms with Crippen molar-refractivity contribution in [1.29, 1.82) is 0 Å². The van der Waals surface area contributed by atoms with Crippen LogP contribution < -0.4 is 5.32 Å². The summed E-state index contributed by atoms with van der Waals surface area (Å²) in [4.78, 5) is 24.1. The fourth-order valence-electron chi connectivity index (χ4n) is 2.80. The zero-order valence-electron chi connectivity index (χ0n) is 15.6. The van der Waals surface area contributed by atoms with Crippen molar-refractivity contribution in [3.63, 3.8) is 0 Å². The van der Waals surface area contributed by atoms with E-state index >= 15 is 0 Å². The van der Waals surface area contributed by atoms with Gasteiger partial charge < -0.3 is 10.1 Å². The highest BCUT2D eigenvalue weighted by molar-refractivity contribution is 7.99. The topological polar surface area (TPSA) is 55.4 Å². The standard InChI is InChI=1S/C23H21NO3S/c1-27-22(25)16-28-15-17-8-7-11-19(14-17)24-23(26)21-13-6-5-12-20(21)18-9-3-2-4-10-18/h2-14H,15-16H2,1H3,(H,24,26). The van der Waals surface area contributed by atoms with Gasteiger partial charge in [-0.1, -0.05) is 60.7 Å². The highest BCUT2D eigenvalue weighted by Gasteiger charge is 2.12. The first-order chi connectivity index (χ1) is 13.7. The molecule has 3 aromatic rings. The van der Waals surface area contributed by atoms with E-state index in [1.807, 2.05) is 78.9 Å². The Morgan fingerprint density at radius 1 is 0.929 bits per heavy atom. The Bertz CT molecular complexity index is 957. The van der Waals surface area contributed by atoms with Crippen LogP contribution in [-0.4, -0.2) is 24.7 Å². The van der Waals surface area contributed by atoms with Gasteiger partial charge in [0.1, 0.15) is 0 Å². The van der Waals surface area contributed by atoms with Crippen molar-refractivity contribution in [2.24, 2.45) is 0 Å². The van der Waals surface area contributed by atoms with Gasteiger partial charge in [0.15, 0.2) is 0 Å². The maximum Gasteiger partial charge on any atom is 0.315 e. The van der Waals surface area contributed by atoms with E-state index < -0.39 is 0 Å². The zero-order valence-corrected chi connectivity index (χ0v) is 16.4. The van der Waals surface area contributed by atoms with E-state index in [1.165, 1.54) is 18.9 Å². The molecule has 1 N–H and O–H groups in total. The summed E-state index contributed by atoms with van der Waals surface area (Å²) in [5, 5.41) is 2.98. The first kappa shape index (κ1) is 19.7. The summed E-state index contributed by atoms with van der Waals surface area (Å²) in [5.41, 5.74) is 4.28. The average Bonchev–Trinajstić information content (AvgIpc) is 2.74. The van der Waals surface area contributed by atoms with Gasteiger partial charge >= 0.3 is 5.97 Å². The molecule has 0 spiro atoms. The molecule has 0 aliphatic rings. The summed E-state index contributed by atoms with van der Waals surface area (Å²) < 4.78 is 4.64. The number of rotatable bonds is 7. The van der Waals surface area contributed by atoms with E-state index in [2.05, 4.69) is 10.1 Å². The number of esters is 1. The Labute approximate surface area is 168 Å². The number of amides is 1. The second-order valence-electron chi connectivity index (χ2n) is 6.14. The number of nitrogens with one attached hydrogen (secondary N) is 1. The monoisotopic (exact) mass is 391 g/mol. The molecular weight excluding hydrogens is 370 g/mol. The summed E-state index contributed by atoms with van der Waals surface area (Å²) in [5.74, 6) is 0.572. The number of hydrogen-bond donors (Lipinski definition) is 1. The van der Waals surface area contributed by atoms with Crippen LogP contribution in [0.1, 0.15) is 15.9 Å². The van der Waals surface area contributed by atoms with Crippen LogP contribution in [0, 0.1) is 0 Å². The third-order valence-corrected chi connectivity index (χ3v) is 5.13. The Hall–Kier alpha value is -3.05. The number of methoxy groups -OCH3 is 1. The van der Waals surface area contributed by atoms with Crippen LogP contribution in [0.15, 0.2) is 78.9 Å². The molecule has 3 rings (SSSR count). The number of ether oxygens (including phenoxy) is 1. The number of hydrogen-bond acceptors (Lipinski definition) is 4. The van der Waals surface area contributed by atoms with Crippen LogP contribution in [0.2, 0.25) is 0 Å². The molecule has 0 atom stereocenters. The molecule has 28 heavy (non-hydrogen) atoms. The van der Waals surface area contributed by atoms with Gasteiger partial charge in [0.25, 0.3) is 5.91 Å². The Morgan fingerprint density at radius 2 is 1.68 bits per heavy atom. The molecule has 0 unspecified atom stereocenters. The van der Waals surface area contributed by atoms with Crippen LogP contribution >= 0.6 is 11.8 Å². The van der Waals surface area contributed by atoms with Gasteiger partial charge in [0.2, 0.25) is 0 Å². The maximum atomic E-state index is 12.9. The SMILES string of the molecule is COC(=O)CSCc1cccc(NC(=O)c2ccccc2-c2ccccc2)c1. The van der Waals surface area contributed by atoms with Crippen LogP contribution in [0.5, 0.6) is 0 Å². The smallest absolute Gasteiger partial charge is 0.315 e. The van der Waals surface area contributed by atoms with Crippen LogP contribution in [0.25, 0.3) is 11.1 Å². The largest absolute Gasteiger partial charge is 0.468 e. The van der Waals surface area contributed by atoms with E-state index in [0.29, 0.717) is 17.1 Å². The minimum absolute atomic E-state index is 0.154. The zero-order chi connectivity index (χ0) is 19.8. The lowest BCUT2D eigenvalue weighted by molar-refractivity contribution is -0.137. The number of anilines is 1. The van der Waals surface area contributed by atoms with Crippen LogP contribution in [-0.2, 0) is 15.3 Å². The summed E-state index contributed by atoms with van der Waals surface area (Å²) >= 11 is 1.48. The molecular formula is C23H21NO3S.